The van der Waals surface area contributed by atoms with Crippen molar-refractivity contribution in [1.29, 1.82) is 0 Å². The number of nitrogens with one attached hydrogen (secondary N) is 3. The van der Waals surface area contributed by atoms with Gasteiger partial charge in [0, 0.05) is 12.1 Å². The number of benzene rings is 1. The van der Waals surface area contributed by atoms with Gasteiger partial charge in [-0.2, -0.15) is 5.10 Å². The van der Waals surface area contributed by atoms with Gasteiger partial charge in [-0.1, -0.05) is 11.6 Å². The van der Waals surface area contributed by atoms with Crippen LogP contribution in [0.25, 0.3) is 0 Å². The van der Waals surface area contributed by atoms with Crippen LogP contribution in [0.3, 0.4) is 0 Å². The molecule has 116 valence electrons. The largest absolute Gasteiger partial charge is 0.495 e. The summed E-state index contributed by atoms with van der Waals surface area (Å²) < 4.78 is 10.1. The van der Waals surface area contributed by atoms with Crippen molar-refractivity contribution < 1.29 is 14.3 Å². The maximum atomic E-state index is 12.1. The summed E-state index contributed by atoms with van der Waals surface area (Å²) in [5.41, 5.74) is -2.01. The van der Waals surface area contributed by atoms with Crippen molar-refractivity contribution >= 4 is 23.2 Å². The van der Waals surface area contributed by atoms with Crippen LogP contribution in [0.5, 0.6) is 11.5 Å². The van der Waals surface area contributed by atoms with Gasteiger partial charge in [0.1, 0.15) is 11.5 Å². The zero-order chi connectivity index (χ0) is 16.3. The van der Waals surface area contributed by atoms with E-state index in [0.717, 1.165) is 0 Å². The lowest BCUT2D eigenvalue weighted by Gasteiger charge is -2.12. The number of ether oxygens (including phenoxy) is 2. The summed E-state index contributed by atoms with van der Waals surface area (Å²) in [4.78, 5) is 36.4. The summed E-state index contributed by atoms with van der Waals surface area (Å²) in [6, 6.07) is 2.87. The third-order valence-electron chi connectivity index (χ3n) is 2.65. The molecule has 0 fully saturated rings. The van der Waals surface area contributed by atoms with Gasteiger partial charge in [-0.3, -0.25) is 14.6 Å². The predicted molar refractivity (Wildman–Crippen MR) is 78.0 cm³/mol. The minimum absolute atomic E-state index is 0.223. The van der Waals surface area contributed by atoms with E-state index in [1.165, 1.54) is 26.4 Å². The molecular formula is C12H11ClN4O5. The van der Waals surface area contributed by atoms with Crippen LogP contribution in [-0.4, -0.2) is 35.3 Å². The van der Waals surface area contributed by atoms with Gasteiger partial charge in [-0.15, -0.1) is 0 Å². The van der Waals surface area contributed by atoms with Gasteiger partial charge < -0.3 is 14.8 Å². The van der Waals surface area contributed by atoms with Crippen LogP contribution in [0.2, 0.25) is 5.02 Å². The fourth-order valence-electron chi connectivity index (χ4n) is 1.64. The first kappa shape index (κ1) is 15.6. The predicted octanol–water partition coefficient (Wildman–Crippen LogP) is 0.381. The zero-order valence-corrected chi connectivity index (χ0v) is 12.3. The minimum atomic E-state index is -0.916. The molecule has 1 aromatic carbocycles. The van der Waals surface area contributed by atoms with Crippen LogP contribution in [0.1, 0.15) is 10.5 Å². The van der Waals surface area contributed by atoms with Gasteiger partial charge in [0.05, 0.1) is 24.9 Å². The summed E-state index contributed by atoms with van der Waals surface area (Å²) in [5, 5.41) is 8.09. The summed E-state index contributed by atoms with van der Waals surface area (Å²) in [6.45, 7) is 0. The molecule has 0 atom stereocenters. The Hall–Kier alpha value is -2.81. The topological polar surface area (TPSA) is 126 Å². The molecule has 2 aromatic rings. The third kappa shape index (κ3) is 3.09. The molecule has 0 aliphatic carbocycles. The molecule has 0 bridgehead atoms. The van der Waals surface area contributed by atoms with Gasteiger partial charge in [-0.05, 0) is 0 Å². The molecule has 1 amide bonds. The van der Waals surface area contributed by atoms with Crippen LogP contribution < -0.4 is 26.0 Å². The number of amides is 1. The van der Waals surface area contributed by atoms with Crippen molar-refractivity contribution in [2.24, 2.45) is 0 Å². The number of rotatable bonds is 4. The number of methoxy groups -OCH3 is 2. The zero-order valence-electron chi connectivity index (χ0n) is 11.5. The first-order chi connectivity index (χ1) is 10.5. The first-order valence-corrected chi connectivity index (χ1v) is 6.26. The van der Waals surface area contributed by atoms with E-state index >= 15 is 0 Å². The second-order valence-electron chi connectivity index (χ2n) is 4.00. The van der Waals surface area contributed by atoms with Crippen molar-refractivity contribution in [3.05, 3.63) is 43.7 Å². The monoisotopic (exact) mass is 326 g/mol. The van der Waals surface area contributed by atoms with E-state index in [0.29, 0.717) is 5.75 Å². The number of carbonyl (C=O) groups excluding carboxylic acids is 1. The lowest BCUT2D eigenvalue weighted by Crippen LogP contribution is -2.32. The molecule has 9 nitrogen and oxygen atoms in total. The smallest absolute Gasteiger partial charge is 0.342 e. The minimum Gasteiger partial charge on any atom is -0.495 e. The Bertz CT molecular complexity index is 829. The quantitative estimate of drug-likeness (QED) is 0.745. The number of nitrogens with zero attached hydrogens (tertiary/aromatic N) is 1. The third-order valence-corrected chi connectivity index (χ3v) is 2.94. The van der Waals surface area contributed by atoms with E-state index in [1.807, 2.05) is 10.1 Å². The molecule has 10 heteroatoms. The van der Waals surface area contributed by atoms with E-state index in [-0.39, 0.29) is 16.5 Å². The highest BCUT2D eigenvalue weighted by molar-refractivity contribution is 6.32. The second-order valence-corrected chi connectivity index (χ2v) is 4.40. The Morgan fingerprint density at radius 2 is 1.91 bits per heavy atom. The highest BCUT2D eigenvalue weighted by Crippen LogP contribution is 2.35. The van der Waals surface area contributed by atoms with Crippen molar-refractivity contribution in [1.82, 2.24) is 15.2 Å². The molecule has 2 rings (SSSR count). The average molecular weight is 327 g/mol. The highest BCUT2D eigenvalue weighted by Gasteiger charge is 2.17. The van der Waals surface area contributed by atoms with Gasteiger partial charge in [-0.25, -0.2) is 9.89 Å². The maximum absolute atomic E-state index is 12.1. The molecule has 0 saturated carbocycles. The van der Waals surface area contributed by atoms with E-state index in [9.17, 15) is 14.4 Å². The Morgan fingerprint density at radius 3 is 2.50 bits per heavy atom. The SMILES string of the molecule is COc1cc(NC(=O)c2n[nH]c(=O)[nH]c2=O)c(OC)cc1Cl. The number of carbonyl (C=O) groups is 1. The number of halogens is 1. The fraction of sp³-hybridized carbons (Fsp3) is 0.167. The molecule has 0 unspecified atom stereocenters. The number of aromatic nitrogens is 3. The lowest BCUT2D eigenvalue weighted by molar-refractivity contribution is 0.101. The molecule has 1 aromatic heterocycles. The molecular weight excluding hydrogens is 316 g/mol. The second kappa shape index (κ2) is 6.31. The van der Waals surface area contributed by atoms with Crippen LogP contribution in [-0.2, 0) is 0 Å². The average Bonchev–Trinajstić information content (AvgIpc) is 2.48. The Balaban J connectivity index is 2.39. The van der Waals surface area contributed by atoms with E-state index < -0.39 is 22.9 Å². The summed E-state index contributed by atoms with van der Waals surface area (Å²) in [6.07, 6.45) is 0. The Labute approximate surface area is 128 Å². The molecule has 1 heterocycles. The number of H-pyrrole nitrogens is 2. The standard InChI is InChI=1S/C12H11ClN4O5/c1-21-7-4-6(8(22-2)3-5(7)13)14-10(18)9-11(19)15-12(20)17-16-9/h3-4H,1-2H3,(H,14,18)(H2,15,17,19,20). The van der Waals surface area contributed by atoms with Crippen LogP contribution in [0, 0.1) is 0 Å². The van der Waals surface area contributed by atoms with E-state index in [1.54, 1.807) is 0 Å². The Kier molecular flexibility index (Phi) is 4.47. The van der Waals surface area contributed by atoms with E-state index in [2.05, 4.69) is 10.4 Å². The number of anilines is 1. The van der Waals surface area contributed by atoms with Gasteiger partial charge in [0.25, 0.3) is 11.5 Å². The fourth-order valence-corrected chi connectivity index (χ4v) is 1.87. The molecule has 0 aliphatic heterocycles. The van der Waals surface area contributed by atoms with Crippen LogP contribution in [0.15, 0.2) is 21.7 Å². The maximum Gasteiger partial charge on any atom is 0.342 e. The first-order valence-electron chi connectivity index (χ1n) is 5.88. The molecule has 0 spiro atoms. The number of hydrogen-bond acceptors (Lipinski definition) is 6. The van der Waals surface area contributed by atoms with Crippen molar-refractivity contribution in [3.8, 4) is 11.5 Å². The number of hydrogen-bond donors (Lipinski definition) is 3. The summed E-state index contributed by atoms with van der Waals surface area (Å²) in [7, 11) is 2.80. The van der Waals surface area contributed by atoms with Crippen molar-refractivity contribution in [2.45, 2.75) is 0 Å². The molecule has 22 heavy (non-hydrogen) atoms. The van der Waals surface area contributed by atoms with E-state index in [4.69, 9.17) is 21.1 Å². The van der Waals surface area contributed by atoms with Gasteiger partial charge in [0.15, 0.2) is 0 Å². The number of aromatic amines is 2. The molecule has 3 N–H and O–H groups in total. The van der Waals surface area contributed by atoms with Crippen molar-refractivity contribution in [2.75, 3.05) is 19.5 Å². The lowest BCUT2D eigenvalue weighted by atomic mass is 10.2. The van der Waals surface area contributed by atoms with Gasteiger partial charge >= 0.3 is 5.69 Å². The summed E-state index contributed by atoms with van der Waals surface area (Å²) in [5.74, 6) is -0.263. The molecule has 0 saturated heterocycles. The molecule has 0 aliphatic rings. The van der Waals surface area contributed by atoms with Crippen molar-refractivity contribution in [3.63, 3.8) is 0 Å². The highest BCUT2D eigenvalue weighted by atomic mass is 35.5. The molecule has 0 radical (unpaired) electrons. The Morgan fingerprint density at radius 1 is 1.23 bits per heavy atom. The van der Waals surface area contributed by atoms with Crippen LogP contribution in [0.4, 0.5) is 5.69 Å². The van der Waals surface area contributed by atoms with Crippen LogP contribution >= 0.6 is 11.6 Å². The van der Waals surface area contributed by atoms with Gasteiger partial charge in [0.2, 0.25) is 5.69 Å². The normalized spacial score (nSPS) is 10.1. The summed E-state index contributed by atoms with van der Waals surface area (Å²) >= 11 is 5.95.